The molecule has 104 valence electrons. The van der Waals surface area contributed by atoms with Crippen LogP contribution in [0.25, 0.3) is 0 Å². The molecule has 0 bridgehead atoms. The number of aromatic nitrogens is 1. The molecule has 19 heavy (non-hydrogen) atoms. The van der Waals surface area contributed by atoms with Crippen LogP contribution in [0.2, 0.25) is 0 Å². The Bertz CT molecular complexity index is 553. The smallest absolute Gasteiger partial charge is 0.407 e. The van der Waals surface area contributed by atoms with Crippen molar-refractivity contribution in [2.75, 3.05) is 20.1 Å². The molecular formula is C12H17N3O3S. The molecule has 2 rings (SSSR count). The second-order valence-electron chi connectivity index (χ2n) is 4.58. The molecule has 1 aliphatic rings. The van der Waals surface area contributed by atoms with Crippen molar-refractivity contribution >= 4 is 23.7 Å². The normalized spacial score (nSPS) is 17.8. The summed E-state index contributed by atoms with van der Waals surface area (Å²) < 4.78 is 1.95. The lowest BCUT2D eigenvalue weighted by molar-refractivity contribution is 0.112. The summed E-state index contributed by atoms with van der Waals surface area (Å²) in [6.45, 7) is 1.04. The Morgan fingerprint density at radius 2 is 2.11 bits per heavy atom. The maximum absolute atomic E-state index is 11.2. The molecule has 0 aliphatic carbocycles. The highest BCUT2D eigenvalue weighted by molar-refractivity contribution is 7.11. The number of amides is 1. The minimum Gasteiger partial charge on any atom is -0.465 e. The maximum atomic E-state index is 11.2. The van der Waals surface area contributed by atoms with Crippen LogP contribution in [-0.2, 0) is 7.05 Å². The molecule has 0 unspecified atom stereocenters. The monoisotopic (exact) mass is 283 g/mol. The molecule has 0 saturated carbocycles. The predicted octanol–water partition coefficient (Wildman–Crippen LogP) is 1.29. The van der Waals surface area contributed by atoms with E-state index in [2.05, 4.69) is 4.99 Å². The Kier molecular flexibility index (Phi) is 4.04. The zero-order valence-corrected chi connectivity index (χ0v) is 11.8. The third kappa shape index (κ3) is 2.56. The molecule has 0 aromatic carbocycles. The highest BCUT2D eigenvalue weighted by atomic mass is 32.1. The molecule has 1 aromatic rings. The summed E-state index contributed by atoms with van der Waals surface area (Å²) in [7, 11) is 3.61. The average Bonchev–Trinajstić information content (AvgIpc) is 2.75. The minimum atomic E-state index is -0.868. The van der Waals surface area contributed by atoms with Crippen LogP contribution in [0.1, 0.15) is 34.1 Å². The van der Waals surface area contributed by atoms with Crippen LogP contribution in [0.15, 0.2) is 4.99 Å². The van der Waals surface area contributed by atoms with Gasteiger partial charge in [-0.3, -0.25) is 9.79 Å². The average molecular weight is 283 g/mol. The second kappa shape index (κ2) is 5.56. The molecule has 7 heteroatoms. The fourth-order valence-corrected chi connectivity index (χ4v) is 3.57. The zero-order valence-electron chi connectivity index (χ0n) is 11.0. The third-order valence-corrected chi connectivity index (χ3v) is 4.72. The molecule has 6 nitrogen and oxygen atoms in total. The molecule has 0 atom stereocenters. The van der Waals surface area contributed by atoms with Gasteiger partial charge in [0.1, 0.15) is 0 Å². The summed E-state index contributed by atoms with van der Waals surface area (Å²) in [5.74, 6) is 0.229. The Balaban J connectivity index is 2.27. The first-order valence-electron chi connectivity index (χ1n) is 6.14. The van der Waals surface area contributed by atoms with Crippen LogP contribution in [0.5, 0.6) is 0 Å². The van der Waals surface area contributed by atoms with E-state index in [1.54, 1.807) is 7.05 Å². The van der Waals surface area contributed by atoms with Crippen LogP contribution in [0, 0.1) is 0 Å². The molecule has 1 saturated heterocycles. The van der Waals surface area contributed by atoms with Crippen LogP contribution in [0.4, 0.5) is 4.79 Å². The number of nitrogens with zero attached hydrogens (tertiary/aromatic N) is 3. The largest absolute Gasteiger partial charge is 0.465 e. The first-order chi connectivity index (χ1) is 9.08. The Morgan fingerprint density at radius 3 is 2.58 bits per heavy atom. The van der Waals surface area contributed by atoms with Gasteiger partial charge in [-0.25, -0.2) is 4.79 Å². The molecule has 1 N–H and O–H groups in total. The van der Waals surface area contributed by atoms with Gasteiger partial charge in [-0.2, -0.15) is 0 Å². The van der Waals surface area contributed by atoms with Crippen LogP contribution in [0.3, 0.4) is 0 Å². The number of rotatable bonds is 2. The van der Waals surface area contributed by atoms with Crippen molar-refractivity contribution in [3.8, 4) is 0 Å². The van der Waals surface area contributed by atoms with Crippen molar-refractivity contribution in [1.29, 1.82) is 0 Å². The van der Waals surface area contributed by atoms with Gasteiger partial charge in [0.25, 0.3) is 0 Å². The fourth-order valence-electron chi connectivity index (χ4n) is 2.59. The van der Waals surface area contributed by atoms with E-state index in [1.807, 2.05) is 11.6 Å². The van der Waals surface area contributed by atoms with Crippen molar-refractivity contribution in [3.63, 3.8) is 0 Å². The number of carbonyl (C=O) groups excluding carboxylic acids is 1. The van der Waals surface area contributed by atoms with Crippen molar-refractivity contribution < 1.29 is 14.7 Å². The predicted molar refractivity (Wildman–Crippen MR) is 71.7 cm³/mol. The van der Waals surface area contributed by atoms with Crippen LogP contribution in [-0.4, -0.2) is 47.1 Å². The van der Waals surface area contributed by atoms with Gasteiger partial charge in [-0.05, 0) is 12.8 Å². The number of carbonyl (C=O) groups is 2. The number of likely N-dealkylation sites (tertiary alicyclic amines) is 1. The first-order valence-corrected chi connectivity index (χ1v) is 6.95. The van der Waals surface area contributed by atoms with Crippen molar-refractivity contribution in [2.24, 2.45) is 12.0 Å². The van der Waals surface area contributed by atoms with E-state index in [4.69, 9.17) is 5.11 Å². The zero-order chi connectivity index (χ0) is 14.0. The highest BCUT2D eigenvalue weighted by Crippen LogP contribution is 2.30. The fraction of sp³-hybridized carbons (Fsp3) is 0.583. The lowest BCUT2D eigenvalue weighted by Crippen LogP contribution is -2.37. The number of hydrogen-bond donors (Lipinski definition) is 1. The van der Waals surface area contributed by atoms with Gasteiger partial charge in [0.2, 0.25) is 0 Å². The molecule has 1 aromatic heterocycles. The Hall–Kier alpha value is -1.63. The summed E-state index contributed by atoms with van der Waals surface area (Å²) in [6.07, 6.45) is 1.51. The number of carboxylic acid groups (broad SMARTS) is 1. The SMILES string of the molecule is CN=c1sc(C=O)c(C2CCN(C(=O)O)CC2)n1C. The molecule has 1 fully saturated rings. The molecule has 1 aliphatic heterocycles. The van der Waals surface area contributed by atoms with Gasteiger partial charge < -0.3 is 14.6 Å². The third-order valence-electron chi connectivity index (χ3n) is 3.55. The minimum absolute atomic E-state index is 0.229. The number of aldehydes is 1. The highest BCUT2D eigenvalue weighted by Gasteiger charge is 2.27. The summed E-state index contributed by atoms with van der Waals surface area (Å²) >= 11 is 1.39. The standard InChI is InChI=1S/C12H17N3O3S/c1-13-11-14(2)10(9(7-16)19-11)8-3-5-15(6-4-8)12(17)18/h7-8H,3-6H2,1-2H3,(H,17,18). The second-order valence-corrected chi connectivity index (χ2v) is 5.59. The lowest BCUT2D eigenvalue weighted by Gasteiger charge is -2.30. The Morgan fingerprint density at radius 1 is 1.47 bits per heavy atom. The quantitative estimate of drug-likeness (QED) is 0.831. The van der Waals surface area contributed by atoms with E-state index in [0.29, 0.717) is 18.0 Å². The van der Waals surface area contributed by atoms with Gasteiger partial charge in [0, 0.05) is 38.8 Å². The Labute approximate surface area is 115 Å². The van der Waals surface area contributed by atoms with Gasteiger partial charge >= 0.3 is 6.09 Å². The van der Waals surface area contributed by atoms with Crippen LogP contribution < -0.4 is 4.80 Å². The molecule has 2 heterocycles. The molecular weight excluding hydrogens is 266 g/mol. The van der Waals surface area contributed by atoms with Gasteiger partial charge in [-0.1, -0.05) is 11.3 Å². The van der Waals surface area contributed by atoms with E-state index in [1.165, 1.54) is 16.2 Å². The molecule has 0 radical (unpaired) electrons. The van der Waals surface area contributed by atoms with Crippen LogP contribution >= 0.6 is 11.3 Å². The first kappa shape index (κ1) is 13.8. The van der Waals surface area contributed by atoms with E-state index in [0.717, 1.165) is 29.6 Å². The number of hydrogen-bond acceptors (Lipinski definition) is 4. The summed E-state index contributed by atoms with van der Waals surface area (Å²) in [4.78, 5) is 29.2. The van der Waals surface area contributed by atoms with E-state index in [-0.39, 0.29) is 5.92 Å². The van der Waals surface area contributed by atoms with Gasteiger partial charge in [0.05, 0.1) is 4.88 Å². The molecule has 1 amide bonds. The van der Waals surface area contributed by atoms with Crippen molar-refractivity contribution in [3.05, 3.63) is 15.4 Å². The van der Waals surface area contributed by atoms with Gasteiger partial charge in [0.15, 0.2) is 11.1 Å². The van der Waals surface area contributed by atoms with E-state index < -0.39 is 6.09 Å². The number of thiazole rings is 1. The van der Waals surface area contributed by atoms with Crippen molar-refractivity contribution in [2.45, 2.75) is 18.8 Å². The maximum Gasteiger partial charge on any atom is 0.407 e. The van der Waals surface area contributed by atoms with E-state index in [9.17, 15) is 9.59 Å². The summed E-state index contributed by atoms with van der Waals surface area (Å²) in [6, 6.07) is 0. The lowest BCUT2D eigenvalue weighted by atomic mass is 9.93. The topological polar surface area (TPSA) is 74.9 Å². The number of piperidine rings is 1. The van der Waals surface area contributed by atoms with E-state index >= 15 is 0 Å². The summed E-state index contributed by atoms with van der Waals surface area (Å²) in [5.41, 5.74) is 0.991. The molecule has 0 spiro atoms. The summed E-state index contributed by atoms with van der Waals surface area (Å²) in [5, 5.41) is 8.94. The van der Waals surface area contributed by atoms with Gasteiger partial charge in [-0.15, -0.1) is 0 Å². The van der Waals surface area contributed by atoms with Crippen molar-refractivity contribution in [1.82, 2.24) is 9.47 Å².